The topological polar surface area (TPSA) is 74.7 Å². The molecule has 198 valence electrons. The van der Waals surface area contributed by atoms with Gasteiger partial charge < -0.3 is 14.8 Å². The van der Waals surface area contributed by atoms with Crippen LogP contribution in [0.15, 0.2) is 61.1 Å². The summed E-state index contributed by atoms with van der Waals surface area (Å²) in [5.74, 6) is 2.46. The summed E-state index contributed by atoms with van der Waals surface area (Å²) >= 11 is 0. The smallest absolute Gasteiger partial charge is 0.185 e. The zero-order valence-electron chi connectivity index (χ0n) is 22.6. The standard InChI is InChI=1S/C32H35N7/c1-22-2-8-28(9-3-22)34-17-24-12-13-37(18-24)29-10-11-30-27(14-29)20-38-19-26(25-6-4-23(16-33)5-7-25)15-31(38)32-36-35-21-39(30)32/h4-7,10-11,14-15,19,21-22,24,28,34H,2-3,8-9,12-13,17-18,20H2,1H3/t22-,24-,28-/m0/s1. The summed E-state index contributed by atoms with van der Waals surface area (Å²) in [4.78, 5) is 2.56. The van der Waals surface area contributed by atoms with Crippen LogP contribution in [-0.4, -0.2) is 45.0 Å². The third-order valence-corrected chi connectivity index (χ3v) is 9.05. The molecule has 0 radical (unpaired) electrons. The van der Waals surface area contributed by atoms with Gasteiger partial charge in [0.05, 0.1) is 23.0 Å². The predicted octanol–water partition coefficient (Wildman–Crippen LogP) is 5.63. The van der Waals surface area contributed by atoms with E-state index in [1.807, 2.05) is 30.6 Å². The number of hydrogen-bond donors (Lipinski definition) is 1. The number of fused-ring (bicyclic) bond motifs is 5. The number of anilines is 1. The van der Waals surface area contributed by atoms with Gasteiger partial charge in [0.25, 0.3) is 0 Å². The van der Waals surface area contributed by atoms with Crippen LogP contribution in [0.1, 0.15) is 50.2 Å². The van der Waals surface area contributed by atoms with Crippen LogP contribution in [0, 0.1) is 23.2 Å². The minimum absolute atomic E-state index is 0.671. The molecule has 0 spiro atoms. The quantitative estimate of drug-likeness (QED) is 0.327. The second-order valence-corrected chi connectivity index (χ2v) is 11.7. The van der Waals surface area contributed by atoms with Gasteiger partial charge in [0.15, 0.2) is 5.82 Å². The van der Waals surface area contributed by atoms with E-state index in [1.54, 1.807) is 0 Å². The Morgan fingerprint density at radius 3 is 2.67 bits per heavy atom. The largest absolute Gasteiger partial charge is 0.371 e. The number of nitrogens with one attached hydrogen (secondary N) is 1. The summed E-state index contributed by atoms with van der Waals surface area (Å²) in [6, 6.07) is 19.7. The van der Waals surface area contributed by atoms with Crippen molar-refractivity contribution < 1.29 is 0 Å². The van der Waals surface area contributed by atoms with Gasteiger partial charge >= 0.3 is 0 Å². The molecule has 39 heavy (non-hydrogen) atoms. The van der Waals surface area contributed by atoms with Gasteiger partial charge in [0.1, 0.15) is 6.33 Å². The van der Waals surface area contributed by atoms with Crippen molar-refractivity contribution in [3.8, 4) is 34.4 Å². The first kappa shape index (κ1) is 24.2. The van der Waals surface area contributed by atoms with E-state index in [-0.39, 0.29) is 0 Å². The summed E-state index contributed by atoms with van der Waals surface area (Å²) < 4.78 is 4.40. The summed E-state index contributed by atoms with van der Waals surface area (Å²) in [7, 11) is 0. The molecule has 4 aromatic rings. The molecule has 1 saturated carbocycles. The third-order valence-electron chi connectivity index (χ3n) is 9.05. The molecule has 2 aliphatic heterocycles. The highest BCUT2D eigenvalue weighted by Crippen LogP contribution is 2.36. The summed E-state index contributed by atoms with van der Waals surface area (Å²) in [6.07, 6.45) is 10.7. The maximum absolute atomic E-state index is 9.17. The third kappa shape index (κ3) is 4.63. The minimum atomic E-state index is 0.671. The molecule has 7 heteroatoms. The predicted molar refractivity (Wildman–Crippen MR) is 154 cm³/mol. The second kappa shape index (κ2) is 10.0. The Balaban J connectivity index is 1.11. The van der Waals surface area contributed by atoms with Crippen molar-refractivity contribution in [2.45, 2.75) is 51.6 Å². The van der Waals surface area contributed by atoms with E-state index in [4.69, 9.17) is 5.26 Å². The number of hydrogen-bond acceptors (Lipinski definition) is 5. The average molecular weight is 518 g/mol. The number of benzene rings is 2. The molecule has 2 aromatic carbocycles. The molecule has 4 heterocycles. The van der Waals surface area contributed by atoms with Crippen molar-refractivity contribution >= 4 is 5.69 Å². The molecule has 0 unspecified atom stereocenters. The number of nitriles is 1. The fourth-order valence-corrected chi connectivity index (χ4v) is 6.65. The second-order valence-electron chi connectivity index (χ2n) is 11.7. The highest BCUT2D eigenvalue weighted by molar-refractivity contribution is 5.72. The molecule has 2 fully saturated rings. The lowest BCUT2D eigenvalue weighted by molar-refractivity contribution is 0.297. The maximum Gasteiger partial charge on any atom is 0.185 e. The van der Waals surface area contributed by atoms with E-state index in [9.17, 15) is 0 Å². The molecule has 0 bridgehead atoms. The molecule has 1 N–H and O–H groups in total. The van der Waals surface area contributed by atoms with Gasteiger partial charge in [-0.2, -0.15) is 5.26 Å². The van der Waals surface area contributed by atoms with Gasteiger partial charge in [-0.1, -0.05) is 19.1 Å². The molecule has 0 amide bonds. The van der Waals surface area contributed by atoms with E-state index in [0.717, 1.165) is 60.4 Å². The van der Waals surface area contributed by atoms with Crippen LogP contribution in [-0.2, 0) is 6.54 Å². The zero-order valence-corrected chi connectivity index (χ0v) is 22.6. The van der Waals surface area contributed by atoms with Crippen LogP contribution < -0.4 is 10.2 Å². The van der Waals surface area contributed by atoms with E-state index in [1.165, 1.54) is 43.4 Å². The molecular weight excluding hydrogens is 482 g/mol. The summed E-state index contributed by atoms with van der Waals surface area (Å²) in [6.45, 7) is 6.53. The summed E-state index contributed by atoms with van der Waals surface area (Å²) in [5, 5.41) is 21.8. The van der Waals surface area contributed by atoms with Crippen molar-refractivity contribution in [2.75, 3.05) is 24.5 Å². The Kier molecular flexibility index (Phi) is 6.21. The number of rotatable bonds is 5. The molecule has 1 aliphatic carbocycles. The van der Waals surface area contributed by atoms with E-state index in [2.05, 4.69) is 73.0 Å². The fourth-order valence-electron chi connectivity index (χ4n) is 6.65. The molecule has 3 aliphatic rings. The van der Waals surface area contributed by atoms with Crippen molar-refractivity contribution in [1.82, 2.24) is 24.6 Å². The van der Waals surface area contributed by atoms with Crippen molar-refractivity contribution in [3.63, 3.8) is 0 Å². The Labute approximate surface area is 230 Å². The van der Waals surface area contributed by atoms with Crippen LogP contribution in [0.5, 0.6) is 0 Å². The van der Waals surface area contributed by atoms with Gasteiger partial charge in [-0.25, -0.2) is 0 Å². The van der Waals surface area contributed by atoms with E-state index >= 15 is 0 Å². The first-order valence-corrected chi connectivity index (χ1v) is 14.4. The van der Waals surface area contributed by atoms with Crippen LogP contribution in [0.2, 0.25) is 0 Å². The van der Waals surface area contributed by atoms with Crippen molar-refractivity contribution in [2.24, 2.45) is 11.8 Å². The normalized spacial score (nSPS) is 22.1. The van der Waals surface area contributed by atoms with Gasteiger partial charge in [-0.3, -0.25) is 4.57 Å². The van der Waals surface area contributed by atoms with Gasteiger partial charge in [0, 0.05) is 43.1 Å². The molecule has 2 aromatic heterocycles. The molecule has 7 nitrogen and oxygen atoms in total. The van der Waals surface area contributed by atoms with Crippen LogP contribution >= 0.6 is 0 Å². The Hall–Kier alpha value is -3.89. The van der Waals surface area contributed by atoms with Gasteiger partial charge in [0.2, 0.25) is 0 Å². The SMILES string of the molecule is C[C@H]1CC[C@H](NC[C@@H]2CCN(c3ccc4c(c3)Cn3cc(-c5ccc(C#N)cc5)cc3-c3nncn3-4)C2)CC1. The lowest BCUT2D eigenvalue weighted by Gasteiger charge is -2.28. The fraction of sp³-hybridized carbons (Fsp3) is 0.406. The summed E-state index contributed by atoms with van der Waals surface area (Å²) in [5.41, 5.74) is 7.65. The number of nitrogens with zero attached hydrogens (tertiary/aromatic N) is 6. The van der Waals surface area contributed by atoms with E-state index in [0.29, 0.717) is 17.5 Å². The van der Waals surface area contributed by atoms with Crippen LogP contribution in [0.4, 0.5) is 5.69 Å². The zero-order chi connectivity index (χ0) is 26.3. The minimum Gasteiger partial charge on any atom is -0.371 e. The molecule has 7 rings (SSSR count). The highest BCUT2D eigenvalue weighted by atomic mass is 15.3. The number of aromatic nitrogens is 4. The first-order valence-electron chi connectivity index (χ1n) is 14.4. The lowest BCUT2D eigenvalue weighted by atomic mass is 9.87. The van der Waals surface area contributed by atoms with Crippen LogP contribution in [0.25, 0.3) is 28.3 Å². The molecule has 1 atom stereocenters. The lowest BCUT2D eigenvalue weighted by Crippen LogP contribution is -2.36. The van der Waals surface area contributed by atoms with Crippen LogP contribution in [0.3, 0.4) is 0 Å². The Bertz CT molecular complexity index is 1510. The molecular formula is C32H35N7. The highest BCUT2D eigenvalue weighted by Gasteiger charge is 2.27. The first-order chi connectivity index (χ1) is 19.1. The van der Waals surface area contributed by atoms with E-state index < -0.39 is 0 Å². The van der Waals surface area contributed by atoms with Crippen molar-refractivity contribution in [3.05, 3.63) is 72.2 Å². The van der Waals surface area contributed by atoms with Crippen molar-refractivity contribution in [1.29, 1.82) is 5.26 Å². The maximum atomic E-state index is 9.17. The monoisotopic (exact) mass is 517 g/mol. The van der Waals surface area contributed by atoms with Gasteiger partial charge in [-0.05, 0) is 98.0 Å². The Morgan fingerprint density at radius 2 is 1.85 bits per heavy atom. The Morgan fingerprint density at radius 1 is 1.00 bits per heavy atom. The van der Waals surface area contributed by atoms with Gasteiger partial charge in [-0.15, -0.1) is 10.2 Å². The average Bonchev–Trinajstić information content (AvgIpc) is 3.72. The molecule has 1 saturated heterocycles.